The molecule has 0 saturated carbocycles. The van der Waals surface area contributed by atoms with E-state index in [1.54, 1.807) is 0 Å². The summed E-state index contributed by atoms with van der Waals surface area (Å²) in [4.78, 5) is 0. The molecule has 0 heterocycles. The second-order valence-corrected chi connectivity index (χ2v) is 4.22. The largest absolute Gasteiger partial charge is 0.494 e. The number of halogens is 2. The van der Waals surface area contributed by atoms with Crippen LogP contribution in [-0.4, -0.2) is 7.11 Å². The second-order valence-electron chi connectivity index (χ2n) is 4.22. The Bertz CT molecular complexity index is 340. The monoisotopic (exact) mass is 200 g/mol. The predicted molar refractivity (Wildman–Crippen MR) is 51.6 cm³/mol. The van der Waals surface area contributed by atoms with Crippen LogP contribution in [0, 0.1) is 11.6 Å². The SMILES string of the molecule is COc1cc(F)c(C(C)(C)C)cc1F. The van der Waals surface area contributed by atoms with Gasteiger partial charge in [-0.2, -0.15) is 0 Å². The molecular formula is C11H14F2O. The maximum atomic E-state index is 13.5. The van der Waals surface area contributed by atoms with Crippen LogP contribution in [0.3, 0.4) is 0 Å². The van der Waals surface area contributed by atoms with Gasteiger partial charge >= 0.3 is 0 Å². The van der Waals surface area contributed by atoms with Gasteiger partial charge in [-0.15, -0.1) is 0 Å². The van der Waals surface area contributed by atoms with Gasteiger partial charge in [0.05, 0.1) is 7.11 Å². The lowest BCUT2D eigenvalue weighted by atomic mass is 9.86. The van der Waals surface area contributed by atoms with Crippen molar-refractivity contribution >= 4 is 0 Å². The first-order valence-corrected chi connectivity index (χ1v) is 4.40. The Morgan fingerprint density at radius 1 is 1.07 bits per heavy atom. The Morgan fingerprint density at radius 2 is 1.64 bits per heavy atom. The highest BCUT2D eigenvalue weighted by molar-refractivity contribution is 5.34. The molecule has 0 saturated heterocycles. The molecule has 0 aliphatic rings. The van der Waals surface area contributed by atoms with Gasteiger partial charge in [0, 0.05) is 6.07 Å². The van der Waals surface area contributed by atoms with E-state index in [0.717, 1.165) is 6.07 Å². The van der Waals surface area contributed by atoms with E-state index in [2.05, 4.69) is 4.74 Å². The van der Waals surface area contributed by atoms with Gasteiger partial charge in [0.15, 0.2) is 11.6 Å². The average Bonchev–Trinajstić information content (AvgIpc) is 2.06. The van der Waals surface area contributed by atoms with E-state index in [0.29, 0.717) is 5.56 Å². The second kappa shape index (κ2) is 3.56. The molecule has 0 radical (unpaired) electrons. The van der Waals surface area contributed by atoms with Gasteiger partial charge in [0.25, 0.3) is 0 Å². The minimum Gasteiger partial charge on any atom is -0.494 e. The molecule has 0 aliphatic carbocycles. The van der Waals surface area contributed by atoms with Crippen molar-refractivity contribution in [2.45, 2.75) is 26.2 Å². The van der Waals surface area contributed by atoms with Crippen molar-refractivity contribution < 1.29 is 13.5 Å². The fraction of sp³-hybridized carbons (Fsp3) is 0.455. The van der Waals surface area contributed by atoms with Crippen LogP contribution in [0.15, 0.2) is 12.1 Å². The Labute approximate surface area is 82.7 Å². The van der Waals surface area contributed by atoms with E-state index in [1.807, 2.05) is 20.8 Å². The summed E-state index contributed by atoms with van der Waals surface area (Å²) in [6.07, 6.45) is 0. The van der Waals surface area contributed by atoms with Gasteiger partial charge in [0.1, 0.15) is 5.82 Å². The molecule has 78 valence electrons. The summed E-state index contributed by atoms with van der Waals surface area (Å²) in [7, 11) is 1.31. The smallest absolute Gasteiger partial charge is 0.165 e. The summed E-state index contributed by atoms with van der Waals surface area (Å²) >= 11 is 0. The summed E-state index contributed by atoms with van der Waals surface area (Å²) in [6.45, 7) is 5.49. The van der Waals surface area contributed by atoms with Crippen molar-refractivity contribution in [3.05, 3.63) is 29.3 Å². The zero-order valence-corrected chi connectivity index (χ0v) is 8.82. The molecule has 0 spiro atoms. The van der Waals surface area contributed by atoms with Crippen LogP contribution in [0.4, 0.5) is 8.78 Å². The van der Waals surface area contributed by atoms with Gasteiger partial charge in [-0.3, -0.25) is 0 Å². The lowest BCUT2D eigenvalue weighted by molar-refractivity contribution is 0.379. The van der Waals surface area contributed by atoms with Crippen molar-refractivity contribution in [2.75, 3.05) is 7.11 Å². The predicted octanol–water partition coefficient (Wildman–Crippen LogP) is 3.27. The average molecular weight is 200 g/mol. The van der Waals surface area contributed by atoms with Gasteiger partial charge in [0.2, 0.25) is 0 Å². The summed E-state index contributed by atoms with van der Waals surface area (Å²) in [5, 5.41) is 0. The maximum Gasteiger partial charge on any atom is 0.165 e. The minimum absolute atomic E-state index is 0.0597. The third-order valence-corrected chi connectivity index (χ3v) is 2.05. The number of hydrogen-bond acceptors (Lipinski definition) is 1. The fourth-order valence-electron chi connectivity index (χ4n) is 1.26. The van der Waals surface area contributed by atoms with Gasteiger partial charge in [-0.05, 0) is 17.0 Å². The third kappa shape index (κ3) is 2.03. The Morgan fingerprint density at radius 3 is 2.07 bits per heavy atom. The summed E-state index contributed by atoms with van der Waals surface area (Å²) in [6, 6.07) is 2.27. The summed E-state index contributed by atoms with van der Waals surface area (Å²) in [5.41, 5.74) is -0.0483. The quantitative estimate of drug-likeness (QED) is 0.676. The van der Waals surface area contributed by atoms with Gasteiger partial charge in [-0.25, -0.2) is 8.78 Å². The number of ether oxygens (including phenoxy) is 1. The Balaban J connectivity index is 3.29. The Kier molecular flexibility index (Phi) is 2.79. The normalized spacial score (nSPS) is 11.6. The van der Waals surface area contributed by atoms with Crippen LogP contribution in [0.1, 0.15) is 26.3 Å². The van der Waals surface area contributed by atoms with Crippen molar-refractivity contribution in [1.82, 2.24) is 0 Å². The fourth-order valence-corrected chi connectivity index (χ4v) is 1.26. The van der Waals surface area contributed by atoms with Crippen molar-refractivity contribution in [1.29, 1.82) is 0 Å². The standard InChI is InChI=1S/C11H14F2O/c1-11(2,3)7-5-9(13)10(14-4)6-8(7)12/h5-6H,1-4H3. The van der Waals surface area contributed by atoms with Gasteiger partial charge in [-0.1, -0.05) is 20.8 Å². The van der Waals surface area contributed by atoms with Crippen LogP contribution in [0.2, 0.25) is 0 Å². The number of rotatable bonds is 1. The molecule has 1 nitrogen and oxygen atoms in total. The van der Waals surface area contributed by atoms with E-state index >= 15 is 0 Å². The van der Waals surface area contributed by atoms with Crippen LogP contribution >= 0.6 is 0 Å². The van der Waals surface area contributed by atoms with Crippen molar-refractivity contribution in [3.63, 3.8) is 0 Å². The zero-order chi connectivity index (χ0) is 10.9. The van der Waals surface area contributed by atoms with Crippen molar-refractivity contribution in [3.8, 4) is 5.75 Å². The maximum absolute atomic E-state index is 13.5. The van der Waals surface area contributed by atoms with E-state index in [4.69, 9.17) is 0 Å². The summed E-state index contributed by atoms with van der Waals surface area (Å²) in [5.74, 6) is -1.02. The zero-order valence-electron chi connectivity index (χ0n) is 8.82. The first-order chi connectivity index (χ1) is 6.36. The molecule has 3 heteroatoms. The molecule has 0 bridgehead atoms. The lowest BCUT2D eigenvalue weighted by Crippen LogP contribution is -2.14. The topological polar surface area (TPSA) is 9.23 Å². The highest BCUT2D eigenvalue weighted by Gasteiger charge is 2.21. The highest BCUT2D eigenvalue weighted by Crippen LogP contribution is 2.29. The van der Waals surface area contributed by atoms with Crippen LogP contribution in [-0.2, 0) is 5.41 Å². The summed E-state index contributed by atoms with van der Waals surface area (Å²) < 4.78 is 31.4. The van der Waals surface area contributed by atoms with E-state index in [-0.39, 0.29) is 5.75 Å². The molecule has 0 aromatic heterocycles. The molecule has 0 fully saturated rings. The van der Waals surface area contributed by atoms with E-state index < -0.39 is 17.0 Å². The molecule has 14 heavy (non-hydrogen) atoms. The lowest BCUT2D eigenvalue weighted by Gasteiger charge is -2.20. The van der Waals surface area contributed by atoms with E-state index in [9.17, 15) is 8.78 Å². The first kappa shape index (κ1) is 11.0. The molecule has 0 unspecified atom stereocenters. The third-order valence-electron chi connectivity index (χ3n) is 2.05. The van der Waals surface area contributed by atoms with Crippen molar-refractivity contribution in [2.24, 2.45) is 0 Å². The number of methoxy groups -OCH3 is 1. The molecule has 1 aromatic carbocycles. The van der Waals surface area contributed by atoms with Crippen LogP contribution in [0.5, 0.6) is 5.75 Å². The molecule has 0 N–H and O–H groups in total. The molecule has 0 aliphatic heterocycles. The van der Waals surface area contributed by atoms with Gasteiger partial charge < -0.3 is 4.74 Å². The number of benzene rings is 1. The molecule has 0 amide bonds. The highest BCUT2D eigenvalue weighted by atomic mass is 19.1. The van der Waals surface area contributed by atoms with Crippen LogP contribution < -0.4 is 4.74 Å². The van der Waals surface area contributed by atoms with E-state index in [1.165, 1.54) is 13.2 Å². The first-order valence-electron chi connectivity index (χ1n) is 4.40. The molecule has 1 aromatic rings. The molecule has 0 atom stereocenters. The van der Waals surface area contributed by atoms with Crippen LogP contribution in [0.25, 0.3) is 0 Å². The molecular weight excluding hydrogens is 186 g/mol. The molecule has 1 rings (SSSR count). The number of hydrogen-bond donors (Lipinski definition) is 0. The Hall–Kier alpha value is -1.12. The minimum atomic E-state index is -0.529.